The minimum atomic E-state index is -4.02. The van der Waals surface area contributed by atoms with E-state index in [2.05, 4.69) is 194 Å². The third-order valence-corrected chi connectivity index (χ3v) is 21.9. The summed E-state index contributed by atoms with van der Waals surface area (Å²) in [7, 11) is -4.02. The number of unbranched alkanes of at least 4 members (excludes halogenated alkanes) is 1. The maximum absolute atomic E-state index is 12.3. The molecule has 38 nitrogen and oxygen atoms in total. The van der Waals surface area contributed by atoms with Gasteiger partial charge in [0, 0.05) is 137 Å². The van der Waals surface area contributed by atoms with E-state index in [0.29, 0.717) is 23.9 Å². The fourth-order valence-corrected chi connectivity index (χ4v) is 14.3. The van der Waals surface area contributed by atoms with Gasteiger partial charge < -0.3 is 54.2 Å². The zero-order valence-corrected chi connectivity index (χ0v) is 81.1. The molecule has 3 aromatic heterocycles. The molecule has 16 aromatic rings. The average molecular weight is 2110 g/mol. The number of thioether (sulfide) groups is 1. The number of ether oxygens (including phenoxy) is 3. The number of benzene rings is 13. The number of aromatic carboxylic acids is 2. The fourth-order valence-electron chi connectivity index (χ4n) is 12.8. The number of nitro groups is 6. The SMILES string of the molecule is C=CCBr.C=CCOC(=O)c1cc([N+](=O)[O-])cc([N+](=O)[O-])c1.CCCCOC(=O)c1cc([N+](=O)[O-])cc([N+](=O)[O-])c1.Cc1ccc(S(=O)(=O)O)cc1.ClCCn1c2ccccc2c2ccccc21.O.O=C(O)c1cc([N+](=O)[O-])cc([N+](=O)[O-])c1.O=C(O)c1ccc(O)cc1.O=C(OCCCl)c1ccc(O)cc1.O=C(SCCn1c2ccccc2c2ccccc21)c1ccccc1.c1ccc2c(c1)[nH]c1ccccc12. The number of allylic oxidation sites excluding steroid dienone is 1. The Hall–Kier alpha value is -17.0. The van der Waals surface area contributed by atoms with Crippen molar-refractivity contribution < 1.29 is 111 Å². The van der Waals surface area contributed by atoms with Gasteiger partial charge in [-0.1, -0.05) is 217 Å². The van der Waals surface area contributed by atoms with Gasteiger partial charge in [0.1, 0.15) is 24.7 Å². The number of nitrogens with zero attached hydrogens (tertiary/aromatic N) is 8. The number of carboxylic acids is 2. The van der Waals surface area contributed by atoms with Crippen LogP contribution in [-0.2, 0) is 37.4 Å². The Bertz CT molecular complexity index is 7020. The Labute approximate surface area is 842 Å². The van der Waals surface area contributed by atoms with Crippen molar-refractivity contribution in [3.8, 4) is 11.5 Å². The largest absolute Gasteiger partial charge is 0.508 e. The first-order valence-electron chi connectivity index (χ1n) is 42.3. The molecule has 0 radical (unpaired) electrons. The topological polar surface area (TPSA) is 581 Å². The van der Waals surface area contributed by atoms with E-state index in [-0.39, 0.29) is 69.4 Å². The number of phenolic OH excluding ortho intramolecular Hbond substituents is 2. The summed E-state index contributed by atoms with van der Waals surface area (Å²) in [5.74, 6) is -2.69. The summed E-state index contributed by atoms with van der Waals surface area (Å²) in [5, 5.41) is 107. The molecule has 3 heterocycles. The third-order valence-electron chi connectivity index (χ3n) is 19.3. The number of esters is 3. The number of carbonyl (C=O) groups excluding carboxylic acids is 4. The highest BCUT2D eigenvalue weighted by Gasteiger charge is 2.24. The van der Waals surface area contributed by atoms with E-state index < -0.39 is 109 Å². The first-order chi connectivity index (χ1) is 68.4. The van der Waals surface area contributed by atoms with Crippen LogP contribution in [0.15, 0.2) is 334 Å². The second-order valence-electron chi connectivity index (χ2n) is 29.2. The lowest BCUT2D eigenvalue weighted by Crippen LogP contribution is -2.07. The number of fused-ring (bicyclic) bond motifs is 9. The monoisotopic (exact) mass is 2110 g/mol. The van der Waals surface area contributed by atoms with Crippen molar-refractivity contribution in [2.24, 2.45) is 0 Å². The van der Waals surface area contributed by atoms with Crippen LogP contribution in [0.4, 0.5) is 34.1 Å². The molecule has 0 saturated heterocycles. The summed E-state index contributed by atoms with van der Waals surface area (Å²) in [5.41, 5.74) is 5.41. The predicted octanol–water partition coefficient (Wildman–Crippen LogP) is 23.1. The van der Waals surface area contributed by atoms with Gasteiger partial charge >= 0.3 is 29.8 Å². The van der Waals surface area contributed by atoms with Crippen molar-refractivity contribution in [1.29, 1.82) is 0 Å². The van der Waals surface area contributed by atoms with Crippen LogP contribution in [0.2, 0.25) is 0 Å². The van der Waals surface area contributed by atoms with Gasteiger partial charge in [-0.2, -0.15) is 8.42 Å². The Morgan fingerprint density at radius 1 is 0.417 bits per heavy atom. The summed E-state index contributed by atoms with van der Waals surface area (Å²) < 4.78 is 48.4. The van der Waals surface area contributed by atoms with E-state index in [0.717, 1.165) is 90.3 Å². The number of H-pyrrole nitrogens is 1. The van der Waals surface area contributed by atoms with Crippen molar-refractivity contribution in [3.63, 3.8) is 0 Å². The molecule has 0 fully saturated rings. The van der Waals surface area contributed by atoms with Gasteiger partial charge in [0.2, 0.25) is 5.12 Å². The van der Waals surface area contributed by atoms with Crippen LogP contribution in [0.3, 0.4) is 0 Å². The number of hydrogen-bond acceptors (Lipinski definition) is 26. The van der Waals surface area contributed by atoms with Gasteiger partial charge in [-0.3, -0.25) is 70.0 Å². The maximum atomic E-state index is 12.3. The molecule has 0 aliphatic rings. The van der Waals surface area contributed by atoms with E-state index in [4.69, 9.17) is 57.7 Å². The molecule has 0 atom stereocenters. The quantitative estimate of drug-likeness (QED) is 0.00428. The Morgan fingerprint density at radius 3 is 1.08 bits per heavy atom. The lowest BCUT2D eigenvalue weighted by Gasteiger charge is -2.07. The number of aromatic hydroxyl groups is 2. The van der Waals surface area contributed by atoms with Crippen LogP contribution in [-0.4, -0.2) is 160 Å². The molecule has 13 aromatic carbocycles. The molecule has 144 heavy (non-hydrogen) atoms. The summed E-state index contributed by atoms with van der Waals surface area (Å²) in [4.78, 5) is 129. The number of nitrogens with one attached hydrogen (secondary N) is 1. The van der Waals surface area contributed by atoms with Crippen LogP contribution < -0.4 is 0 Å². The van der Waals surface area contributed by atoms with Crippen molar-refractivity contribution in [3.05, 3.63) is 428 Å². The van der Waals surface area contributed by atoms with Crippen LogP contribution in [0, 0.1) is 67.6 Å². The minimum absolute atomic E-state index is 0. The number of aromatic amines is 1. The molecule has 0 spiro atoms. The number of nitro benzene ring substituents is 6. The molecule has 43 heteroatoms. The maximum Gasteiger partial charge on any atom is 0.338 e. The van der Waals surface area contributed by atoms with Crippen LogP contribution in [0.1, 0.15) is 87.5 Å². The number of alkyl halides is 3. The summed E-state index contributed by atoms with van der Waals surface area (Å²) in [6.07, 6.45) is 4.58. The Kier molecular flexibility index (Phi) is 47.3. The lowest BCUT2D eigenvalue weighted by atomic mass is 10.2. The molecule has 0 amide bonds. The van der Waals surface area contributed by atoms with E-state index in [1.165, 1.54) is 144 Å². The molecule has 748 valence electrons. The van der Waals surface area contributed by atoms with Gasteiger partial charge in [-0.25, -0.2) is 24.0 Å². The average Bonchev–Trinajstić information content (AvgIpc) is 1.66. The molecule has 8 N–H and O–H groups in total. The van der Waals surface area contributed by atoms with Crippen LogP contribution in [0.5, 0.6) is 11.5 Å². The number of carboxylic acid groups (broad SMARTS) is 2. The Morgan fingerprint density at radius 2 is 0.743 bits per heavy atom. The summed E-state index contributed by atoms with van der Waals surface area (Å²) in [6.45, 7) is 12.5. The highest BCUT2D eigenvalue weighted by atomic mass is 79.9. The van der Waals surface area contributed by atoms with Gasteiger partial charge in [-0.05, 0) is 110 Å². The first-order valence-corrected chi connectivity index (χ1v) is 46.9. The van der Waals surface area contributed by atoms with Gasteiger partial charge in [0.05, 0.1) is 92.9 Å². The second-order valence-corrected chi connectivity index (χ2v) is 33.1. The van der Waals surface area contributed by atoms with E-state index in [9.17, 15) is 97.9 Å². The van der Waals surface area contributed by atoms with Gasteiger partial charge in [-0.15, -0.1) is 29.8 Å². The fraction of sp³-hybridized carbons (Fsp3) is 0.129. The molecule has 0 aliphatic heterocycles. The van der Waals surface area contributed by atoms with Crippen molar-refractivity contribution in [2.45, 2.75) is 44.7 Å². The smallest absolute Gasteiger partial charge is 0.338 e. The first kappa shape index (κ1) is 116. The molecule has 0 bridgehead atoms. The van der Waals surface area contributed by atoms with E-state index in [1.54, 1.807) is 18.2 Å². The number of halogens is 3. The third kappa shape index (κ3) is 35.7. The number of carbonyl (C=O) groups is 6. The summed E-state index contributed by atoms with van der Waals surface area (Å²) >= 11 is 15.7. The number of aromatic nitrogens is 3. The molecular formula is C101H92BrCl2N9O29S2. The normalized spacial score (nSPS) is 10.2. The molecule has 0 unspecified atom stereocenters. The number of rotatable bonds is 26. The zero-order chi connectivity index (χ0) is 105. The molecule has 0 saturated carbocycles. The van der Waals surface area contributed by atoms with E-state index >= 15 is 0 Å². The highest BCUT2D eigenvalue weighted by molar-refractivity contribution is 9.09. The summed E-state index contributed by atoms with van der Waals surface area (Å²) in [6, 6.07) is 84.8. The second kappa shape index (κ2) is 58.8. The van der Waals surface area contributed by atoms with E-state index in [1.807, 2.05) is 44.2 Å². The number of phenols is 2. The minimum Gasteiger partial charge on any atom is -0.508 e. The van der Waals surface area contributed by atoms with Crippen molar-refractivity contribution in [2.75, 3.05) is 42.7 Å². The van der Waals surface area contributed by atoms with Gasteiger partial charge in [0.25, 0.3) is 44.2 Å². The predicted molar refractivity (Wildman–Crippen MR) is 553 cm³/mol. The molecule has 16 rings (SSSR count). The molecule has 0 aliphatic carbocycles. The van der Waals surface area contributed by atoms with Crippen molar-refractivity contribution >= 4 is 196 Å². The van der Waals surface area contributed by atoms with Crippen LogP contribution in [0.25, 0.3) is 65.4 Å². The number of para-hydroxylation sites is 6. The van der Waals surface area contributed by atoms with Gasteiger partial charge in [0.15, 0.2) is 0 Å². The molecular weight excluding hydrogens is 2020 g/mol. The standard InChI is InChI=1S/C21H17NOS.C14H12ClN.C12H9N.C11H12N2O6.C10H8N2O6.C9H9ClO3.C7H4N2O6.C7H8O3S.C7H6O3.C3H5Br.H2O/c23-21(16-8-2-1-3-9-16)24-15-14-22-19-12-6-4-10-17(19)18-11-5-7-13-20(18)22;15-9-10-16-13-7-3-1-5-11(13)12-6-2-4-8-14(12)16;1-3-7-11-9(5-1)10-6-2-4-8-12(10)13-11;1-2-3-4-19-11(14)8-5-9(12(15)16)7-10(6-8)13(17)18;1-2-3-18-10(13)7-4-8(11(14)15)6-9(5-7)12(16)17;10-5-6-13-9(12)7-1-3-8(11)4-2-7;10-7(11)4-1-5(8(12)13)3-6(2-4)9(14)15;1-6-2-4-7(5-3-6)11(8,9)10;8-6-3-1-5(2-4-6)7(9)10;1-2-3-4;/h1-13H,14-15H2;1-8H,9-10H2;1-8,13H;5-7H,2-4H2,1H3;2,4-6H,1,3H2;1-4,11H,5-6H2;1-3H,(H,10,11);2-5H,1H3,(H,8,9,10);1-4,8H,(H,9,10);2H,1,3H2;1H2. The Balaban J connectivity index is 0.000000249. The highest BCUT2D eigenvalue weighted by Crippen LogP contribution is 2.33. The number of hydrogen-bond donors (Lipinski definition) is 6. The number of aryl methyl sites for hydroxylation is 3. The van der Waals surface area contributed by atoms with Crippen LogP contribution >= 0.6 is 50.9 Å². The lowest BCUT2D eigenvalue weighted by molar-refractivity contribution is -0.394. The van der Waals surface area contributed by atoms with Crippen molar-refractivity contribution in [1.82, 2.24) is 14.1 Å². The number of non-ortho nitro benzene ring substituents is 6. The zero-order valence-electron chi connectivity index (χ0n) is 76.4.